The van der Waals surface area contributed by atoms with Crippen LogP contribution in [0.3, 0.4) is 0 Å². The topological polar surface area (TPSA) is 0 Å². The second-order valence-corrected chi connectivity index (χ2v) is 6.82. The number of halogens is 2. The van der Waals surface area contributed by atoms with Crippen LogP contribution < -0.4 is 0 Å². The van der Waals surface area contributed by atoms with Gasteiger partial charge in [0.2, 0.25) is 0 Å². The van der Waals surface area contributed by atoms with E-state index in [0.717, 1.165) is 15.2 Å². The Balaban J connectivity index is 0.000000704. The van der Waals surface area contributed by atoms with Crippen LogP contribution >= 0.6 is 39.3 Å². The molecule has 20 heavy (non-hydrogen) atoms. The third-order valence-electron chi connectivity index (χ3n) is 3.41. The molecule has 0 N–H and O–H groups in total. The number of thioether (sulfide) groups is 1. The summed E-state index contributed by atoms with van der Waals surface area (Å²) in [6.07, 6.45) is 0. The lowest BCUT2D eigenvalue weighted by Gasteiger charge is -2.15. The minimum Gasteiger partial charge on any atom is -0.119 e. The van der Waals surface area contributed by atoms with Crippen LogP contribution in [0.1, 0.15) is 43.4 Å². The Kier molecular flexibility index (Phi) is 5.59. The smallest absolute Gasteiger partial charge is 0.0544 e. The van der Waals surface area contributed by atoms with Crippen molar-refractivity contribution in [3.63, 3.8) is 0 Å². The number of fused-ring (bicyclic) bond motifs is 2. The molecular formula is C17H18BrClS. The number of rotatable bonds is 0. The zero-order valence-corrected chi connectivity index (χ0v) is 15.1. The van der Waals surface area contributed by atoms with E-state index in [1.54, 1.807) is 0 Å². The summed E-state index contributed by atoms with van der Waals surface area (Å²) >= 11 is 11.7. The van der Waals surface area contributed by atoms with Gasteiger partial charge in [0.1, 0.15) is 0 Å². The molecule has 106 valence electrons. The summed E-state index contributed by atoms with van der Waals surface area (Å²) < 4.78 is 1.14. The number of benzene rings is 2. The van der Waals surface area contributed by atoms with Gasteiger partial charge in [-0.15, -0.1) is 11.8 Å². The molecule has 1 aliphatic heterocycles. The molecule has 0 amide bonds. The highest BCUT2D eigenvalue weighted by Gasteiger charge is 2.21. The summed E-state index contributed by atoms with van der Waals surface area (Å²) in [6.45, 7) is 6.26. The predicted molar refractivity (Wildman–Crippen MR) is 94.0 cm³/mol. The summed E-state index contributed by atoms with van der Waals surface area (Å²) in [5.41, 5.74) is 4.15. The number of hydrogen-bond donors (Lipinski definition) is 0. The van der Waals surface area contributed by atoms with Gasteiger partial charge in [0.25, 0.3) is 0 Å². The van der Waals surface area contributed by atoms with Crippen molar-refractivity contribution in [1.29, 1.82) is 0 Å². The van der Waals surface area contributed by atoms with Crippen LogP contribution in [0.5, 0.6) is 0 Å². The highest BCUT2D eigenvalue weighted by Crippen LogP contribution is 2.43. The van der Waals surface area contributed by atoms with Crippen molar-refractivity contribution in [2.45, 2.75) is 37.3 Å². The first-order chi connectivity index (χ1) is 9.66. The summed E-state index contributed by atoms with van der Waals surface area (Å²) in [5, 5.41) is 0.872. The number of hydrogen-bond acceptors (Lipinski definition) is 1. The van der Waals surface area contributed by atoms with Crippen LogP contribution in [-0.2, 0) is 5.75 Å². The van der Waals surface area contributed by atoms with Gasteiger partial charge in [0.05, 0.1) is 5.02 Å². The van der Waals surface area contributed by atoms with Gasteiger partial charge in [0, 0.05) is 21.0 Å². The van der Waals surface area contributed by atoms with E-state index in [-0.39, 0.29) is 0 Å². The lowest BCUT2D eigenvalue weighted by molar-refractivity contribution is 0.890. The minimum absolute atomic E-state index is 0.400. The second-order valence-electron chi connectivity index (χ2n) is 4.51. The molecule has 0 fully saturated rings. The van der Waals surface area contributed by atoms with Crippen molar-refractivity contribution in [3.05, 3.63) is 62.6 Å². The molecular weight excluding hydrogens is 352 g/mol. The third kappa shape index (κ3) is 3.08. The molecule has 1 heterocycles. The Hall–Kier alpha value is -0.440. The zero-order chi connectivity index (χ0) is 14.7. The molecule has 2 aromatic rings. The quantitative estimate of drug-likeness (QED) is 0.487. The SMILES string of the molecule is CC.CC1c2ccc(Br)cc2CSc2c(Cl)cccc21. The summed E-state index contributed by atoms with van der Waals surface area (Å²) in [4.78, 5) is 1.24. The first-order valence-electron chi connectivity index (χ1n) is 6.86. The van der Waals surface area contributed by atoms with E-state index in [9.17, 15) is 0 Å². The molecule has 0 radical (unpaired) electrons. The van der Waals surface area contributed by atoms with E-state index in [0.29, 0.717) is 5.92 Å². The van der Waals surface area contributed by atoms with E-state index in [4.69, 9.17) is 11.6 Å². The average molecular weight is 370 g/mol. The molecule has 0 bridgehead atoms. The minimum atomic E-state index is 0.400. The molecule has 0 saturated carbocycles. The van der Waals surface area contributed by atoms with Gasteiger partial charge in [-0.25, -0.2) is 0 Å². The first-order valence-corrected chi connectivity index (χ1v) is 9.02. The van der Waals surface area contributed by atoms with Gasteiger partial charge in [0.15, 0.2) is 0 Å². The second kappa shape index (κ2) is 7.02. The van der Waals surface area contributed by atoms with Crippen LogP contribution in [0.15, 0.2) is 45.8 Å². The molecule has 1 atom stereocenters. The van der Waals surface area contributed by atoms with Crippen LogP contribution in [0.2, 0.25) is 5.02 Å². The van der Waals surface area contributed by atoms with Gasteiger partial charge >= 0.3 is 0 Å². The van der Waals surface area contributed by atoms with Gasteiger partial charge in [-0.1, -0.05) is 66.5 Å². The Morgan fingerprint density at radius 1 is 1.15 bits per heavy atom. The van der Waals surface area contributed by atoms with Gasteiger partial charge in [-0.3, -0.25) is 0 Å². The van der Waals surface area contributed by atoms with E-state index in [2.05, 4.69) is 47.1 Å². The molecule has 3 heteroatoms. The van der Waals surface area contributed by atoms with Crippen molar-refractivity contribution in [3.8, 4) is 0 Å². The zero-order valence-electron chi connectivity index (χ0n) is 11.9. The van der Waals surface area contributed by atoms with E-state index >= 15 is 0 Å². The Morgan fingerprint density at radius 3 is 2.65 bits per heavy atom. The standard InChI is InChI=1S/C15H12BrClS.C2H6/c1-9-12-6-5-11(16)7-10(12)8-18-15-13(9)3-2-4-14(15)17;1-2/h2-7,9H,8H2,1H3;1-2H3. The maximum absolute atomic E-state index is 6.32. The van der Waals surface area contributed by atoms with Crippen LogP contribution in [-0.4, -0.2) is 0 Å². The molecule has 0 nitrogen and oxygen atoms in total. The highest BCUT2D eigenvalue weighted by molar-refractivity contribution is 9.10. The van der Waals surface area contributed by atoms with Gasteiger partial charge in [-0.2, -0.15) is 0 Å². The van der Waals surface area contributed by atoms with Crippen LogP contribution in [0, 0.1) is 0 Å². The maximum atomic E-state index is 6.32. The van der Waals surface area contributed by atoms with Crippen molar-refractivity contribution < 1.29 is 0 Å². The lowest BCUT2D eigenvalue weighted by Crippen LogP contribution is -1.98. The van der Waals surface area contributed by atoms with E-state index in [1.807, 2.05) is 37.7 Å². The maximum Gasteiger partial charge on any atom is 0.0544 e. The molecule has 0 aliphatic carbocycles. The third-order valence-corrected chi connectivity index (χ3v) is 5.53. The largest absolute Gasteiger partial charge is 0.119 e. The Bertz CT molecular complexity index is 610. The van der Waals surface area contributed by atoms with Crippen molar-refractivity contribution >= 4 is 39.3 Å². The van der Waals surface area contributed by atoms with Crippen LogP contribution in [0.25, 0.3) is 0 Å². The van der Waals surface area contributed by atoms with E-state index < -0.39 is 0 Å². The van der Waals surface area contributed by atoms with Gasteiger partial charge < -0.3 is 0 Å². The van der Waals surface area contributed by atoms with Gasteiger partial charge in [-0.05, 0) is 34.9 Å². The molecule has 2 aromatic carbocycles. The summed E-state index contributed by atoms with van der Waals surface area (Å²) in [6, 6.07) is 12.8. The average Bonchev–Trinajstić information content (AvgIpc) is 2.60. The van der Waals surface area contributed by atoms with Crippen molar-refractivity contribution in [1.82, 2.24) is 0 Å². The summed E-state index contributed by atoms with van der Waals surface area (Å²) in [5.74, 6) is 1.38. The Labute approximate surface area is 139 Å². The lowest BCUT2D eigenvalue weighted by atomic mass is 9.90. The molecule has 0 saturated heterocycles. The molecule has 0 spiro atoms. The molecule has 1 aliphatic rings. The molecule has 3 rings (SSSR count). The van der Waals surface area contributed by atoms with Crippen molar-refractivity contribution in [2.24, 2.45) is 0 Å². The summed E-state index contributed by atoms with van der Waals surface area (Å²) in [7, 11) is 0. The fourth-order valence-corrected chi connectivity index (χ4v) is 4.38. The fraction of sp³-hybridized carbons (Fsp3) is 0.294. The monoisotopic (exact) mass is 368 g/mol. The first kappa shape index (κ1) is 15.9. The van der Waals surface area contributed by atoms with E-state index in [1.165, 1.54) is 21.6 Å². The normalized spacial score (nSPS) is 16.4. The Morgan fingerprint density at radius 2 is 1.90 bits per heavy atom. The molecule has 1 unspecified atom stereocenters. The van der Waals surface area contributed by atoms with Crippen LogP contribution in [0.4, 0.5) is 0 Å². The predicted octanol–water partition coefficient (Wildman–Crippen LogP) is 6.89. The highest BCUT2D eigenvalue weighted by atomic mass is 79.9. The molecule has 0 aromatic heterocycles. The fourth-order valence-electron chi connectivity index (χ4n) is 2.46. The van der Waals surface area contributed by atoms with Crippen molar-refractivity contribution in [2.75, 3.05) is 0 Å².